The largest absolute Gasteiger partial charge is 0.489 e. The average molecular weight is 335 g/mol. The molecule has 6 nitrogen and oxygen atoms in total. The SMILES string of the molecule is CC(C)Oc1ccccc1NC(=O)NCC(C)(C)N1CCOCC1. The first kappa shape index (κ1) is 18.5. The molecule has 0 aromatic heterocycles. The van der Waals surface area contributed by atoms with E-state index in [1.165, 1.54) is 0 Å². The summed E-state index contributed by atoms with van der Waals surface area (Å²) < 4.78 is 11.1. The molecular formula is C18H29N3O3. The van der Waals surface area contributed by atoms with E-state index >= 15 is 0 Å². The maximum Gasteiger partial charge on any atom is 0.319 e. The van der Waals surface area contributed by atoms with Gasteiger partial charge in [0.05, 0.1) is 25.0 Å². The lowest BCUT2D eigenvalue weighted by Crippen LogP contribution is -2.55. The number of amides is 2. The summed E-state index contributed by atoms with van der Waals surface area (Å²) in [4.78, 5) is 14.6. The van der Waals surface area contributed by atoms with E-state index in [0.717, 1.165) is 26.3 Å². The van der Waals surface area contributed by atoms with Crippen LogP contribution in [0.2, 0.25) is 0 Å². The van der Waals surface area contributed by atoms with Crippen LogP contribution in [0.15, 0.2) is 24.3 Å². The number of para-hydroxylation sites is 2. The minimum atomic E-state index is -0.226. The molecule has 1 heterocycles. The molecule has 2 rings (SSSR count). The lowest BCUT2D eigenvalue weighted by Gasteiger charge is -2.40. The van der Waals surface area contributed by atoms with Gasteiger partial charge in [-0.05, 0) is 39.8 Å². The van der Waals surface area contributed by atoms with Crippen molar-refractivity contribution in [1.82, 2.24) is 10.2 Å². The van der Waals surface area contributed by atoms with E-state index in [2.05, 4.69) is 29.4 Å². The second kappa shape index (κ2) is 8.35. The predicted molar refractivity (Wildman–Crippen MR) is 95.7 cm³/mol. The van der Waals surface area contributed by atoms with Crippen molar-refractivity contribution < 1.29 is 14.3 Å². The third-order valence-corrected chi connectivity index (χ3v) is 4.05. The molecule has 6 heteroatoms. The number of ether oxygens (including phenoxy) is 2. The Morgan fingerprint density at radius 2 is 1.96 bits per heavy atom. The molecule has 0 radical (unpaired) electrons. The van der Waals surface area contributed by atoms with E-state index in [-0.39, 0.29) is 17.7 Å². The van der Waals surface area contributed by atoms with Gasteiger partial charge in [-0.1, -0.05) is 12.1 Å². The molecule has 0 saturated carbocycles. The summed E-state index contributed by atoms with van der Waals surface area (Å²) in [5, 5.41) is 5.83. The molecule has 1 aliphatic heterocycles. The topological polar surface area (TPSA) is 62.8 Å². The molecular weight excluding hydrogens is 306 g/mol. The van der Waals surface area contributed by atoms with Gasteiger partial charge in [0.15, 0.2) is 0 Å². The molecule has 0 aliphatic carbocycles. The maximum atomic E-state index is 12.3. The van der Waals surface area contributed by atoms with Gasteiger partial charge in [0.1, 0.15) is 5.75 Å². The van der Waals surface area contributed by atoms with Crippen molar-refractivity contribution in [3.8, 4) is 5.75 Å². The van der Waals surface area contributed by atoms with Gasteiger partial charge in [-0.2, -0.15) is 0 Å². The summed E-state index contributed by atoms with van der Waals surface area (Å²) in [5.41, 5.74) is 0.558. The van der Waals surface area contributed by atoms with Gasteiger partial charge in [0.25, 0.3) is 0 Å². The summed E-state index contributed by atoms with van der Waals surface area (Å²) in [5.74, 6) is 0.676. The number of carbonyl (C=O) groups excluding carboxylic acids is 1. The zero-order valence-electron chi connectivity index (χ0n) is 15.1. The van der Waals surface area contributed by atoms with Gasteiger partial charge in [-0.25, -0.2) is 4.79 Å². The highest BCUT2D eigenvalue weighted by atomic mass is 16.5. The van der Waals surface area contributed by atoms with Crippen LogP contribution in [0.5, 0.6) is 5.75 Å². The van der Waals surface area contributed by atoms with Gasteiger partial charge in [0, 0.05) is 25.2 Å². The third kappa shape index (κ3) is 5.39. The Kier molecular flexibility index (Phi) is 6.45. The van der Waals surface area contributed by atoms with Crippen LogP contribution < -0.4 is 15.4 Å². The number of benzene rings is 1. The van der Waals surface area contributed by atoms with Crippen LogP contribution in [0.25, 0.3) is 0 Å². The molecule has 0 bridgehead atoms. The van der Waals surface area contributed by atoms with E-state index in [0.29, 0.717) is 18.0 Å². The molecule has 0 spiro atoms. The van der Waals surface area contributed by atoms with Gasteiger partial charge < -0.3 is 20.1 Å². The van der Waals surface area contributed by atoms with Crippen LogP contribution in [-0.4, -0.2) is 55.4 Å². The van der Waals surface area contributed by atoms with Crippen molar-refractivity contribution in [1.29, 1.82) is 0 Å². The molecule has 134 valence electrons. The van der Waals surface area contributed by atoms with E-state index in [1.54, 1.807) is 0 Å². The van der Waals surface area contributed by atoms with Gasteiger partial charge >= 0.3 is 6.03 Å². The lowest BCUT2D eigenvalue weighted by atomic mass is 10.0. The van der Waals surface area contributed by atoms with Gasteiger partial charge in [0.2, 0.25) is 0 Å². The number of hydrogen-bond acceptors (Lipinski definition) is 4. The zero-order valence-corrected chi connectivity index (χ0v) is 15.1. The van der Waals surface area contributed by atoms with E-state index in [9.17, 15) is 4.79 Å². The number of nitrogens with zero attached hydrogens (tertiary/aromatic N) is 1. The number of rotatable bonds is 6. The smallest absolute Gasteiger partial charge is 0.319 e. The normalized spacial score (nSPS) is 16.0. The highest BCUT2D eigenvalue weighted by Gasteiger charge is 2.28. The van der Waals surface area contributed by atoms with Crippen LogP contribution in [-0.2, 0) is 4.74 Å². The lowest BCUT2D eigenvalue weighted by molar-refractivity contribution is -0.00863. The van der Waals surface area contributed by atoms with Crippen LogP contribution >= 0.6 is 0 Å². The molecule has 1 aromatic rings. The highest BCUT2D eigenvalue weighted by molar-refractivity contribution is 5.90. The third-order valence-electron chi connectivity index (χ3n) is 4.05. The summed E-state index contributed by atoms with van der Waals surface area (Å²) in [7, 11) is 0. The molecule has 1 aromatic carbocycles. The Balaban J connectivity index is 1.89. The molecule has 1 saturated heterocycles. The molecule has 2 N–H and O–H groups in total. The van der Waals surface area contributed by atoms with Crippen molar-refractivity contribution in [3.05, 3.63) is 24.3 Å². The average Bonchev–Trinajstić information content (AvgIpc) is 2.55. The minimum absolute atomic E-state index is 0.0521. The number of morpholine rings is 1. The maximum absolute atomic E-state index is 12.3. The molecule has 24 heavy (non-hydrogen) atoms. The number of hydrogen-bond donors (Lipinski definition) is 2. The first-order valence-electron chi connectivity index (χ1n) is 8.52. The molecule has 0 unspecified atom stereocenters. The van der Waals surface area contributed by atoms with Crippen LogP contribution in [0.4, 0.5) is 10.5 Å². The summed E-state index contributed by atoms with van der Waals surface area (Å²) in [6.45, 7) is 12.0. The first-order valence-corrected chi connectivity index (χ1v) is 8.52. The fraction of sp³-hybridized carbons (Fsp3) is 0.611. The second-order valence-electron chi connectivity index (χ2n) is 6.88. The summed E-state index contributed by atoms with van der Waals surface area (Å²) >= 11 is 0. The zero-order chi connectivity index (χ0) is 17.6. The van der Waals surface area contributed by atoms with Gasteiger partial charge in [-0.15, -0.1) is 0 Å². The molecule has 1 fully saturated rings. The number of carbonyl (C=O) groups is 1. The summed E-state index contributed by atoms with van der Waals surface area (Å²) in [6, 6.07) is 7.23. The summed E-state index contributed by atoms with van der Waals surface area (Å²) in [6.07, 6.45) is 0.0521. The standard InChI is InChI=1S/C18H29N3O3/c1-14(2)24-16-8-6-5-7-15(16)20-17(22)19-13-18(3,4)21-9-11-23-12-10-21/h5-8,14H,9-13H2,1-4H3,(H2,19,20,22). The van der Waals surface area contributed by atoms with E-state index < -0.39 is 0 Å². The van der Waals surface area contributed by atoms with Crippen molar-refractivity contribution in [2.45, 2.75) is 39.3 Å². The van der Waals surface area contributed by atoms with E-state index in [1.807, 2.05) is 38.1 Å². The number of urea groups is 1. The first-order chi connectivity index (χ1) is 11.4. The highest BCUT2D eigenvalue weighted by Crippen LogP contribution is 2.24. The Labute approximate surface area is 144 Å². The number of nitrogens with one attached hydrogen (secondary N) is 2. The Morgan fingerprint density at radius 3 is 2.62 bits per heavy atom. The van der Waals surface area contributed by atoms with Gasteiger partial charge in [-0.3, -0.25) is 4.90 Å². The fourth-order valence-electron chi connectivity index (χ4n) is 2.67. The second-order valence-corrected chi connectivity index (χ2v) is 6.88. The van der Waals surface area contributed by atoms with Crippen molar-refractivity contribution >= 4 is 11.7 Å². The number of anilines is 1. The van der Waals surface area contributed by atoms with Crippen LogP contribution in [0, 0.1) is 0 Å². The quantitative estimate of drug-likeness (QED) is 0.839. The Bertz CT molecular complexity index is 540. The fourth-order valence-corrected chi connectivity index (χ4v) is 2.67. The Hall–Kier alpha value is -1.79. The molecule has 0 atom stereocenters. The van der Waals surface area contributed by atoms with Crippen molar-refractivity contribution in [3.63, 3.8) is 0 Å². The monoisotopic (exact) mass is 335 g/mol. The van der Waals surface area contributed by atoms with Crippen LogP contribution in [0.1, 0.15) is 27.7 Å². The predicted octanol–water partition coefficient (Wildman–Crippen LogP) is 2.71. The van der Waals surface area contributed by atoms with Crippen molar-refractivity contribution in [2.24, 2.45) is 0 Å². The van der Waals surface area contributed by atoms with E-state index in [4.69, 9.17) is 9.47 Å². The molecule has 2 amide bonds. The minimum Gasteiger partial charge on any atom is -0.489 e. The Morgan fingerprint density at radius 1 is 1.29 bits per heavy atom. The molecule has 1 aliphatic rings. The van der Waals surface area contributed by atoms with Crippen molar-refractivity contribution in [2.75, 3.05) is 38.2 Å². The van der Waals surface area contributed by atoms with Crippen LogP contribution in [0.3, 0.4) is 0 Å².